The number of anilines is 2. The molecule has 0 atom stereocenters. The summed E-state index contributed by atoms with van der Waals surface area (Å²) in [6.07, 6.45) is 0. The van der Waals surface area contributed by atoms with Crippen LogP contribution in [0.5, 0.6) is 0 Å². The second kappa shape index (κ2) is 5.16. The Hall–Kier alpha value is -1.86. The number of amides is 1. The first kappa shape index (κ1) is 14.1. The lowest BCUT2D eigenvalue weighted by Gasteiger charge is -2.30. The predicted molar refractivity (Wildman–Crippen MR) is 83.7 cm³/mol. The van der Waals surface area contributed by atoms with Gasteiger partial charge in [0.25, 0.3) is 10.0 Å². The summed E-state index contributed by atoms with van der Waals surface area (Å²) < 4.78 is 27.3. The first-order chi connectivity index (χ1) is 9.98. The van der Waals surface area contributed by atoms with Crippen molar-refractivity contribution in [2.24, 2.45) is 0 Å². The third-order valence-corrected chi connectivity index (χ3v) is 5.39. The van der Waals surface area contributed by atoms with E-state index in [2.05, 4.69) is 21.2 Å². The number of carbonyl (C=O) groups excluding carboxylic acids is 1. The van der Waals surface area contributed by atoms with E-state index in [-0.39, 0.29) is 17.3 Å². The van der Waals surface area contributed by atoms with Crippen LogP contribution >= 0.6 is 15.9 Å². The summed E-state index contributed by atoms with van der Waals surface area (Å²) in [5.41, 5.74) is 0.932. The minimum atomic E-state index is -3.76. The second-order valence-electron chi connectivity index (χ2n) is 4.53. The van der Waals surface area contributed by atoms with Crippen LogP contribution in [0.25, 0.3) is 0 Å². The summed E-state index contributed by atoms with van der Waals surface area (Å²) in [6.45, 7) is -0.230. The molecule has 7 heteroatoms. The largest absolute Gasteiger partial charge is 0.323 e. The van der Waals surface area contributed by atoms with Crippen LogP contribution in [-0.2, 0) is 14.8 Å². The topological polar surface area (TPSA) is 66.5 Å². The van der Waals surface area contributed by atoms with Crippen LogP contribution in [-0.4, -0.2) is 20.9 Å². The Labute approximate surface area is 130 Å². The smallest absolute Gasteiger partial charge is 0.264 e. The van der Waals surface area contributed by atoms with Gasteiger partial charge in [-0.1, -0.05) is 34.1 Å². The minimum absolute atomic E-state index is 0.161. The Morgan fingerprint density at radius 1 is 1.10 bits per heavy atom. The maximum absolute atomic E-state index is 12.7. The van der Waals surface area contributed by atoms with Gasteiger partial charge in [0.1, 0.15) is 6.54 Å². The molecule has 0 unspecified atom stereocenters. The molecule has 0 radical (unpaired) electrons. The van der Waals surface area contributed by atoms with Crippen LogP contribution in [0.3, 0.4) is 0 Å². The summed E-state index contributed by atoms with van der Waals surface area (Å²) in [7, 11) is -3.76. The number of carbonyl (C=O) groups is 1. The lowest BCUT2D eigenvalue weighted by Crippen LogP contribution is -2.42. The summed E-state index contributed by atoms with van der Waals surface area (Å²) in [6, 6.07) is 13.2. The Morgan fingerprint density at radius 3 is 2.52 bits per heavy atom. The fourth-order valence-corrected chi connectivity index (χ4v) is 3.99. The highest BCUT2D eigenvalue weighted by molar-refractivity contribution is 9.10. The molecular weight excluding hydrogens is 356 g/mol. The van der Waals surface area contributed by atoms with E-state index in [1.807, 2.05) is 0 Å². The molecule has 0 aliphatic carbocycles. The molecule has 0 saturated heterocycles. The van der Waals surface area contributed by atoms with Gasteiger partial charge in [-0.3, -0.25) is 9.10 Å². The van der Waals surface area contributed by atoms with Gasteiger partial charge < -0.3 is 5.32 Å². The molecule has 0 bridgehead atoms. The average Bonchev–Trinajstić information content (AvgIpc) is 2.46. The van der Waals surface area contributed by atoms with Crippen LogP contribution in [0.15, 0.2) is 57.9 Å². The number of hydrogen-bond acceptors (Lipinski definition) is 3. The van der Waals surface area contributed by atoms with Gasteiger partial charge in [-0.05, 0) is 30.3 Å². The van der Waals surface area contributed by atoms with Crippen LogP contribution in [0.4, 0.5) is 11.4 Å². The van der Waals surface area contributed by atoms with Gasteiger partial charge in [-0.2, -0.15) is 0 Å². The second-order valence-corrected chi connectivity index (χ2v) is 7.31. The van der Waals surface area contributed by atoms with Crippen LogP contribution in [0, 0.1) is 0 Å². The first-order valence-corrected chi connectivity index (χ1v) is 8.39. The Morgan fingerprint density at radius 2 is 1.81 bits per heavy atom. The van der Waals surface area contributed by atoms with E-state index in [0.29, 0.717) is 11.4 Å². The Kier molecular flexibility index (Phi) is 3.46. The SMILES string of the molecule is O=C1CN(S(=O)(=O)c2ccccc2)c2ccc(Br)cc2N1. The minimum Gasteiger partial charge on any atom is -0.323 e. The van der Waals surface area contributed by atoms with Crippen molar-refractivity contribution < 1.29 is 13.2 Å². The van der Waals surface area contributed by atoms with Gasteiger partial charge in [-0.15, -0.1) is 0 Å². The molecule has 2 aromatic carbocycles. The molecule has 1 N–H and O–H groups in total. The zero-order chi connectivity index (χ0) is 15.0. The van der Waals surface area contributed by atoms with Gasteiger partial charge in [0.05, 0.1) is 16.3 Å². The van der Waals surface area contributed by atoms with Crippen molar-refractivity contribution in [3.8, 4) is 0 Å². The lowest BCUT2D eigenvalue weighted by atomic mass is 10.2. The molecular formula is C14H11BrN2O3S. The Balaban J connectivity index is 2.14. The first-order valence-electron chi connectivity index (χ1n) is 6.16. The van der Waals surface area contributed by atoms with Crippen molar-refractivity contribution >= 4 is 43.2 Å². The number of nitrogens with one attached hydrogen (secondary N) is 1. The highest BCUT2D eigenvalue weighted by atomic mass is 79.9. The van der Waals surface area contributed by atoms with E-state index >= 15 is 0 Å². The van der Waals surface area contributed by atoms with E-state index in [0.717, 1.165) is 8.78 Å². The highest BCUT2D eigenvalue weighted by Crippen LogP contribution is 2.35. The molecule has 0 aromatic heterocycles. The van der Waals surface area contributed by atoms with E-state index in [1.165, 1.54) is 12.1 Å². The van der Waals surface area contributed by atoms with Gasteiger partial charge in [-0.25, -0.2) is 8.42 Å². The van der Waals surface area contributed by atoms with E-state index in [4.69, 9.17) is 0 Å². The van der Waals surface area contributed by atoms with Gasteiger partial charge in [0.2, 0.25) is 5.91 Å². The number of fused-ring (bicyclic) bond motifs is 1. The summed E-state index contributed by atoms with van der Waals surface area (Å²) >= 11 is 3.31. The van der Waals surface area contributed by atoms with Crippen LogP contribution < -0.4 is 9.62 Å². The summed E-state index contributed by atoms with van der Waals surface area (Å²) in [5.74, 6) is -0.361. The molecule has 108 valence electrons. The molecule has 21 heavy (non-hydrogen) atoms. The quantitative estimate of drug-likeness (QED) is 0.887. The molecule has 1 amide bonds. The maximum atomic E-state index is 12.7. The molecule has 1 aliphatic heterocycles. The predicted octanol–water partition coefficient (Wildman–Crippen LogP) is 2.60. The summed E-state index contributed by atoms with van der Waals surface area (Å²) in [5, 5.41) is 2.68. The lowest BCUT2D eigenvalue weighted by molar-refractivity contribution is -0.115. The number of nitrogens with zero attached hydrogens (tertiary/aromatic N) is 1. The van der Waals surface area contributed by atoms with Crippen molar-refractivity contribution in [2.45, 2.75) is 4.90 Å². The van der Waals surface area contributed by atoms with E-state index < -0.39 is 10.0 Å². The molecule has 3 rings (SSSR count). The van der Waals surface area contributed by atoms with Crippen molar-refractivity contribution in [1.82, 2.24) is 0 Å². The Bertz CT molecular complexity index is 806. The monoisotopic (exact) mass is 366 g/mol. The standard InChI is InChI=1S/C14H11BrN2O3S/c15-10-6-7-13-12(8-10)16-14(18)9-17(13)21(19,20)11-4-2-1-3-5-11/h1-8H,9H2,(H,16,18). The van der Waals surface area contributed by atoms with Gasteiger partial charge in [0.15, 0.2) is 0 Å². The third-order valence-electron chi connectivity index (χ3n) is 3.12. The fraction of sp³-hybridized carbons (Fsp3) is 0.0714. The highest BCUT2D eigenvalue weighted by Gasteiger charge is 2.32. The van der Waals surface area contributed by atoms with Crippen LogP contribution in [0.1, 0.15) is 0 Å². The number of hydrogen-bond donors (Lipinski definition) is 1. The van der Waals surface area contributed by atoms with Crippen molar-refractivity contribution in [1.29, 1.82) is 0 Å². The number of sulfonamides is 1. The maximum Gasteiger partial charge on any atom is 0.264 e. The van der Waals surface area contributed by atoms with Gasteiger partial charge >= 0.3 is 0 Å². The molecule has 0 saturated carbocycles. The molecule has 1 heterocycles. The molecule has 1 aliphatic rings. The third kappa shape index (κ3) is 2.54. The number of benzene rings is 2. The van der Waals surface area contributed by atoms with E-state index in [1.54, 1.807) is 36.4 Å². The number of halogens is 1. The van der Waals surface area contributed by atoms with Gasteiger partial charge in [0, 0.05) is 4.47 Å². The van der Waals surface area contributed by atoms with Crippen molar-refractivity contribution in [2.75, 3.05) is 16.2 Å². The normalized spacial score (nSPS) is 14.5. The van der Waals surface area contributed by atoms with Crippen molar-refractivity contribution in [3.63, 3.8) is 0 Å². The zero-order valence-corrected chi connectivity index (χ0v) is 13.2. The molecule has 2 aromatic rings. The average molecular weight is 367 g/mol. The summed E-state index contributed by atoms with van der Waals surface area (Å²) in [4.78, 5) is 12.0. The molecule has 0 fully saturated rings. The molecule has 5 nitrogen and oxygen atoms in total. The zero-order valence-electron chi connectivity index (χ0n) is 10.8. The van der Waals surface area contributed by atoms with E-state index in [9.17, 15) is 13.2 Å². The van der Waals surface area contributed by atoms with Crippen molar-refractivity contribution in [3.05, 3.63) is 53.0 Å². The van der Waals surface area contributed by atoms with Crippen LogP contribution in [0.2, 0.25) is 0 Å². The number of rotatable bonds is 2. The molecule has 0 spiro atoms. The fourth-order valence-electron chi connectivity index (χ4n) is 2.17.